The molecule has 2 aliphatic rings. The van der Waals surface area contributed by atoms with Crippen LogP contribution in [0.1, 0.15) is 30.4 Å². The number of para-hydroxylation sites is 2. The standard InChI is InChI=1S/C23H25NO5/c25-23(26)29-17-11-14-24(15-12-17)13-5-8-18-19-6-1-3-9-21(19)27-16-28-22-10-4-2-7-20(18)22/h1-4,6-10,17H,5,11-16H2,(H,25,26). The highest BCUT2D eigenvalue weighted by atomic mass is 16.7. The first-order valence-electron chi connectivity index (χ1n) is 9.97. The van der Waals surface area contributed by atoms with E-state index in [2.05, 4.69) is 23.1 Å². The molecule has 0 aromatic heterocycles. The Kier molecular flexibility index (Phi) is 6.00. The summed E-state index contributed by atoms with van der Waals surface area (Å²) >= 11 is 0. The highest BCUT2D eigenvalue weighted by molar-refractivity contribution is 5.85. The van der Waals surface area contributed by atoms with Crippen molar-refractivity contribution < 1.29 is 24.1 Å². The van der Waals surface area contributed by atoms with Crippen molar-refractivity contribution in [3.05, 3.63) is 65.7 Å². The van der Waals surface area contributed by atoms with E-state index in [0.29, 0.717) is 0 Å². The third-order valence-electron chi connectivity index (χ3n) is 5.38. The van der Waals surface area contributed by atoms with Crippen molar-refractivity contribution in [3.63, 3.8) is 0 Å². The number of carboxylic acid groups (broad SMARTS) is 1. The molecule has 0 saturated carbocycles. The van der Waals surface area contributed by atoms with E-state index in [0.717, 1.165) is 67.1 Å². The molecular weight excluding hydrogens is 370 g/mol. The van der Waals surface area contributed by atoms with E-state index >= 15 is 0 Å². The first kappa shape index (κ1) is 19.3. The van der Waals surface area contributed by atoms with Gasteiger partial charge in [-0.05, 0) is 37.0 Å². The molecule has 2 aliphatic heterocycles. The molecule has 0 atom stereocenters. The van der Waals surface area contributed by atoms with Crippen molar-refractivity contribution in [2.24, 2.45) is 0 Å². The quantitative estimate of drug-likeness (QED) is 0.774. The molecule has 0 aliphatic carbocycles. The average molecular weight is 395 g/mol. The second kappa shape index (κ2) is 9.01. The van der Waals surface area contributed by atoms with Gasteiger partial charge in [0.05, 0.1) is 0 Å². The Bertz CT molecular complexity index is 837. The van der Waals surface area contributed by atoms with E-state index in [-0.39, 0.29) is 12.9 Å². The maximum absolute atomic E-state index is 10.7. The second-order valence-corrected chi connectivity index (χ2v) is 7.23. The first-order valence-corrected chi connectivity index (χ1v) is 9.97. The summed E-state index contributed by atoms with van der Waals surface area (Å²) < 4.78 is 16.5. The summed E-state index contributed by atoms with van der Waals surface area (Å²) in [5.74, 6) is 1.64. The van der Waals surface area contributed by atoms with Crippen LogP contribution in [0, 0.1) is 0 Å². The van der Waals surface area contributed by atoms with Crippen molar-refractivity contribution in [1.82, 2.24) is 4.90 Å². The summed E-state index contributed by atoms with van der Waals surface area (Å²) in [6, 6.07) is 16.1. The van der Waals surface area contributed by atoms with Gasteiger partial charge in [0, 0.05) is 30.8 Å². The fraction of sp³-hybridized carbons (Fsp3) is 0.348. The number of rotatable bonds is 4. The third kappa shape index (κ3) is 4.71. The monoisotopic (exact) mass is 395 g/mol. The van der Waals surface area contributed by atoms with Crippen LogP contribution >= 0.6 is 0 Å². The van der Waals surface area contributed by atoms with Gasteiger partial charge in [0.25, 0.3) is 0 Å². The molecule has 1 saturated heterocycles. The highest BCUT2D eigenvalue weighted by Gasteiger charge is 2.22. The highest BCUT2D eigenvalue weighted by Crippen LogP contribution is 2.37. The number of ether oxygens (including phenoxy) is 3. The Morgan fingerprint density at radius 1 is 1.03 bits per heavy atom. The number of benzene rings is 2. The number of piperidine rings is 1. The van der Waals surface area contributed by atoms with Gasteiger partial charge in [-0.2, -0.15) is 0 Å². The molecule has 0 amide bonds. The normalized spacial score (nSPS) is 17.0. The molecule has 2 aromatic rings. The molecule has 29 heavy (non-hydrogen) atoms. The van der Waals surface area contributed by atoms with Gasteiger partial charge in [0.15, 0.2) is 0 Å². The fourth-order valence-corrected chi connectivity index (χ4v) is 3.94. The molecule has 6 heteroatoms. The number of carbonyl (C=O) groups is 1. The Morgan fingerprint density at radius 2 is 1.62 bits per heavy atom. The lowest BCUT2D eigenvalue weighted by Gasteiger charge is -2.30. The largest absolute Gasteiger partial charge is 0.506 e. The molecule has 0 unspecified atom stereocenters. The number of fused-ring (bicyclic) bond motifs is 2. The van der Waals surface area contributed by atoms with Crippen LogP contribution in [0.3, 0.4) is 0 Å². The molecule has 4 rings (SSSR count). The van der Waals surface area contributed by atoms with Gasteiger partial charge in [0.1, 0.15) is 17.6 Å². The molecule has 0 bridgehead atoms. The zero-order valence-corrected chi connectivity index (χ0v) is 16.3. The maximum Gasteiger partial charge on any atom is 0.506 e. The Balaban J connectivity index is 1.49. The Hall–Kier alpha value is -2.99. The summed E-state index contributed by atoms with van der Waals surface area (Å²) in [7, 11) is 0. The number of nitrogens with zero attached hydrogens (tertiary/aromatic N) is 1. The minimum absolute atomic E-state index is 0.180. The molecular formula is C23H25NO5. The SMILES string of the molecule is O=C(O)OC1CCN(CCC=C2c3ccccc3OCOc3ccccc32)CC1. The lowest BCUT2D eigenvalue weighted by atomic mass is 9.95. The van der Waals surface area contributed by atoms with Crippen LogP contribution in [0.2, 0.25) is 0 Å². The predicted molar refractivity (Wildman–Crippen MR) is 109 cm³/mol. The summed E-state index contributed by atoms with van der Waals surface area (Å²) in [5, 5.41) is 8.76. The first-order chi connectivity index (χ1) is 14.2. The van der Waals surface area contributed by atoms with Crippen molar-refractivity contribution in [1.29, 1.82) is 0 Å². The van der Waals surface area contributed by atoms with E-state index in [4.69, 9.17) is 19.3 Å². The van der Waals surface area contributed by atoms with Gasteiger partial charge in [0.2, 0.25) is 6.79 Å². The minimum atomic E-state index is -1.18. The van der Waals surface area contributed by atoms with E-state index in [1.165, 1.54) is 0 Å². The van der Waals surface area contributed by atoms with Crippen LogP contribution < -0.4 is 9.47 Å². The van der Waals surface area contributed by atoms with Gasteiger partial charge in [-0.25, -0.2) is 4.79 Å². The molecule has 6 nitrogen and oxygen atoms in total. The van der Waals surface area contributed by atoms with Crippen molar-refractivity contribution in [3.8, 4) is 11.5 Å². The van der Waals surface area contributed by atoms with Crippen LogP contribution in [-0.4, -0.2) is 48.7 Å². The fourth-order valence-electron chi connectivity index (χ4n) is 3.94. The Morgan fingerprint density at radius 3 is 2.21 bits per heavy atom. The average Bonchev–Trinajstić information content (AvgIpc) is 2.72. The van der Waals surface area contributed by atoms with Crippen molar-refractivity contribution >= 4 is 11.7 Å². The number of hydrogen-bond donors (Lipinski definition) is 1. The van der Waals surface area contributed by atoms with Gasteiger partial charge >= 0.3 is 6.16 Å². The molecule has 2 heterocycles. The zero-order valence-electron chi connectivity index (χ0n) is 16.3. The summed E-state index contributed by atoms with van der Waals surface area (Å²) in [5.41, 5.74) is 3.24. The van der Waals surface area contributed by atoms with E-state index < -0.39 is 6.16 Å². The summed E-state index contributed by atoms with van der Waals surface area (Å²) in [4.78, 5) is 13.0. The molecule has 152 valence electrons. The van der Waals surface area contributed by atoms with Crippen LogP contribution in [0.5, 0.6) is 11.5 Å². The lowest BCUT2D eigenvalue weighted by molar-refractivity contribution is 0.0202. The predicted octanol–water partition coefficient (Wildman–Crippen LogP) is 4.40. The molecule has 1 fully saturated rings. The minimum Gasteiger partial charge on any atom is -0.457 e. The second-order valence-electron chi connectivity index (χ2n) is 7.23. The van der Waals surface area contributed by atoms with Gasteiger partial charge < -0.3 is 24.2 Å². The van der Waals surface area contributed by atoms with E-state index in [1.807, 2.05) is 36.4 Å². The summed E-state index contributed by atoms with van der Waals surface area (Å²) in [6.07, 6.45) is 3.25. The molecule has 0 spiro atoms. The molecule has 1 N–H and O–H groups in total. The lowest BCUT2D eigenvalue weighted by Crippen LogP contribution is -2.38. The topological polar surface area (TPSA) is 68.2 Å². The number of likely N-dealkylation sites (tertiary alicyclic amines) is 1. The van der Waals surface area contributed by atoms with Crippen molar-refractivity contribution in [2.75, 3.05) is 26.4 Å². The van der Waals surface area contributed by atoms with E-state index in [1.54, 1.807) is 0 Å². The van der Waals surface area contributed by atoms with Crippen LogP contribution in [0.25, 0.3) is 5.57 Å². The smallest absolute Gasteiger partial charge is 0.457 e. The van der Waals surface area contributed by atoms with Crippen LogP contribution in [0.4, 0.5) is 4.79 Å². The van der Waals surface area contributed by atoms with Gasteiger partial charge in [-0.15, -0.1) is 0 Å². The van der Waals surface area contributed by atoms with Gasteiger partial charge in [-0.3, -0.25) is 0 Å². The van der Waals surface area contributed by atoms with Gasteiger partial charge in [-0.1, -0.05) is 42.5 Å². The zero-order chi connectivity index (χ0) is 20.1. The Labute approximate surface area is 170 Å². The third-order valence-corrected chi connectivity index (χ3v) is 5.38. The summed E-state index contributed by atoms with van der Waals surface area (Å²) in [6.45, 7) is 2.80. The number of hydrogen-bond acceptors (Lipinski definition) is 5. The van der Waals surface area contributed by atoms with E-state index in [9.17, 15) is 4.79 Å². The van der Waals surface area contributed by atoms with Crippen molar-refractivity contribution in [2.45, 2.75) is 25.4 Å². The maximum atomic E-state index is 10.7. The van der Waals surface area contributed by atoms with Crippen LogP contribution in [-0.2, 0) is 4.74 Å². The molecule has 0 radical (unpaired) electrons. The van der Waals surface area contributed by atoms with Crippen LogP contribution in [0.15, 0.2) is 54.6 Å². The molecule has 2 aromatic carbocycles.